The van der Waals surface area contributed by atoms with E-state index in [-0.39, 0.29) is 0 Å². The third-order valence-electron chi connectivity index (χ3n) is 3.08. The summed E-state index contributed by atoms with van der Waals surface area (Å²) in [5.74, 6) is 1.55. The molecule has 1 saturated carbocycles. The number of nitrogens with one attached hydrogen (secondary N) is 1. The van der Waals surface area contributed by atoms with E-state index < -0.39 is 0 Å². The third-order valence-corrected chi connectivity index (χ3v) is 3.08. The van der Waals surface area contributed by atoms with Crippen LogP contribution in [-0.4, -0.2) is 21.5 Å². The SMILES string of the molecule is C1=C(c2cnn[nH]2)OC2CCCCC12. The first kappa shape index (κ1) is 8.03. The topological polar surface area (TPSA) is 50.8 Å². The van der Waals surface area contributed by atoms with Gasteiger partial charge in [0, 0.05) is 5.92 Å². The molecule has 0 saturated heterocycles. The first-order valence-corrected chi connectivity index (χ1v) is 5.18. The van der Waals surface area contributed by atoms with Crippen molar-refractivity contribution < 1.29 is 4.74 Å². The van der Waals surface area contributed by atoms with Crippen molar-refractivity contribution in [1.82, 2.24) is 15.4 Å². The van der Waals surface area contributed by atoms with Gasteiger partial charge in [-0.25, -0.2) is 0 Å². The molecular formula is C10H13N3O. The predicted octanol–water partition coefficient (Wildman–Crippen LogP) is 1.73. The van der Waals surface area contributed by atoms with Crippen LogP contribution in [0, 0.1) is 5.92 Å². The molecule has 1 aromatic heterocycles. The second-order valence-corrected chi connectivity index (χ2v) is 4.01. The lowest BCUT2D eigenvalue weighted by atomic mass is 9.87. The Balaban J connectivity index is 1.83. The Morgan fingerprint density at radius 1 is 1.36 bits per heavy atom. The van der Waals surface area contributed by atoms with Crippen LogP contribution in [0.25, 0.3) is 5.76 Å². The molecule has 1 aromatic rings. The highest BCUT2D eigenvalue weighted by molar-refractivity contribution is 5.57. The van der Waals surface area contributed by atoms with Crippen LogP contribution in [-0.2, 0) is 4.74 Å². The zero-order chi connectivity index (χ0) is 9.38. The fourth-order valence-electron chi connectivity index (χ4n) is 2.33. The lowest BCUT2D eigenvalue weighted by molar-refractivity contribution is 0.114. The van der Waals surface area contributed by atoms with Crippen molar-refractivity contribution in [2.24, 2.45) is 5.92 Å². The maximum absolute atomic E-state index is 5.86. The molecule has 4 nitrogen and oxygen atoms in total. The lowest BCUT2D eigenvalue weighted by Crippen LogP contribution is -2.20. The van der Waals surface area contributed by atoms with Gasteiger partial charge in [-0.2, -0.15) is 0 Å². The van der Waals surface area contributed by atoms with Crippen molar-refractivity contribution in [3.05, 3.63) is 18.0 Å². The molecular weight excluding hydrogens is 178 g/mol. The number of rotatable bonds is 1. The van der Waals surface area contributed by atoms with Crippen molar-refractivity contribution >= 4 is 5.76 Å². The molecule has 1 aliphatic carbocycles. The zero-order valence-corrected chi connectivity index (χ0v) is 7.94. The van der Waals surface area contributed by atoms with Gasteiger partial charge in [-0.3, -0.25) is 5.10 Å². The van der Waals surface area contributed by atoms with E-state index in [1.165, 1.54) is 25.7 Å². The number of aromatic nitrogens is 3. The monoisotopic (exact) mass is 191 g/mol. The maximum atomic E-state index is 5.86. The highest BCUT2D eigenvalue weighted by Gasteiger charge is 2.32. The highest BCUT2D eigenvalue weighted by atomic mass is 16.5. The fraction of sp³-hybridized carbons (Fsp3) is 0.600. The minimum Gasteiger partial charge on any atom is -0.488 e. The van der Waals surface area contributed by atoms with Gasteiger partial charge < -0.3 is 4.74 Å². The smallest absolute Gasteiger partial charge is 0.142 e. The van der Waals surface area contributed by atoms with E-state index in [0.717, 1.165) is 11.5 Å². The molecule has 4 heteroatoms. The normalized spacial score (nSPS) is 30.7. The Morgan fingerprint density at radius 2 is 2.29 bits per heavy atom. The largest absolute Gasteiger partial charge is 0.488 e. The molecule has 0 amide bonds. The van der Waals surface area contributed by atoms with E-state index in [4.69, 9.17) is 4.74 Å². The molecule has 74 valence electrons. The fourth-order valence-corrected chi connectivity index (χ4v) is 2.33. The van der Waals surface area contributed by atoms with E-state index in [1.54, 1.807) is 6.20 Å². The van der Waals surface area contributed by atoms with Crippen LogP contribution < -0.4 is 0 Å². The van der Waals surface area contributed by atoms with Crippen LogP contribution in [0.5, 0.6) is 0 Å². The average Bonchev–Trinajstić information content (AvgIpc) is 2.86. The Bertz CT molecular complexity index is 344. The van der Waals surface area contributed by atoms with E-state index in [1.807, 2.05) is 0 Å². The summed E-state index contributed by atoms with van der Waals surface area (Å²) < 4.78 is 5.86. The molecule has 2 aliphatic rings. The van der Waals surface area contributed by atoms with Crippen LogP contribution in [0.3, 0.4) is 0 Å². The number of H-pyrrole nitrogens is 1. The molecule has 2 atom stereocenters. The third kappa shape index (κ3) is 1.22. The minimum atomic E-state index is 0.405. The first-order chi connectivity index (χ1) is 6.93. The van der Waals surface area contributed by atoms with Gasteiger partial charge in [0.05, 0.1) is 6.20 Å². The van der Waals surface area contributed by atoms with Gasteiger partial charge in [0.1, 0.15) is 17.6 Å². The van der Waals surface area contributed by atoms with Crippen molar-refractivity contribution in [2.45, 2.75) is 31.8 Å². The van der Waals surface area contributed by atoms with Crippen LogP contribution in [0.1, 0.15) is 31.4 Å². The summed E-state index contributed by atoms with van der Waals surface area (Å²) in [5, 5.41) is 10.3. The molecule has 1 N–H and O–H groups in total. The van der Waals surface area contributed by atoms with Gasteiger partial charge in [-0.15, -0.1) is 5.10 Å². The van der Waals surface area contributed by atoms with Gasteiger partial charge in [-0.1, -0.05) is 11.6 Å². The Morgan fingerprint density at radius 3 is 3.07 bits per heavy atom. The Labute approximate surface area is 82.3 Å². The number of nitrogens with zero attached hydrogens (tertiary/aromatic N) is 2. The molecule has 1 fully saturated rings. The molecule has 0 aromatic carbocycles. The van der Waals surface area contributed by atoms with Crippen LogP contribution in [0.2, 0.25) is 0 Å². The van der Waals surface area contributed by atoms with Crippen LogP contribution >= 0.6 is 0 Å². The minimum absolute atomic E-state index is 0.405. The molecule has 1 aliphatic heterocycles. The van der Waals surface area contributed by atoms with Gasteiger partial charge in [0.2, 0.25) is 0 Å². The second-order valence-electron chi connectivity index (χ2n) is 4.01. The van der Waals surface area contributed by atoms with Gasteiger partial charge in [0.15, 0.2) is 0 Å². The van der Waals surface area contributed by atoms with Crippen LogP contribution in [0.15, 0.2) is 12.3 Å². The summed E-state index contributed by atoms with van der Waals surface area (Å²) in [6, 6.07) is 0. The van der Waals surface area contributed by atoms with Crippen molar-refractivity contribution in [3.8, 4) is 0 Å². The summed E-state index contributed by atoms with van der Waals surface area (Å²) in [5.41, 5.74) is 0.902. The average molecular weight is 191 g/mol. The number of aromatic amines is 1. The van der Waals surface area contributed by atoms with Gasteiger partial charge in [0.25, 0.3) is 0 Å². The molecule has 0 spiro atoms. The zero-order valence-electron chi connectivity index (χ0n) is 7.94. The number of hydrogen-bond acceptors (Lipinski definition) is 3. The molecule has 3 rings (SSSR count). The van der Waals surface area contributed by atoms with Crippen molar-refractivity contribution in [1.29, 1.82) is 0 Å². The summed E-state index contributed by atoms with van der Waals surface area (Å²) in [4.78, 5) is 0. The van der Waals surface area contributed by atoms with Gasteiger partial charge in [-0.05, 0) is 25.3 Å². The Hall–Kier alpha value is -1.32. The molecule has 2 unspecified atom stereocenters. The van der Waals surface area contributed by atoms with E-state index >= 15 is 0 Å². The lowest BCUT2D eigenvalue weighted by Gasteiger charge is -2.23. The molecule has 2 heterocycles. The summed E-state index contributed by atoms with van der Waals surface area (Å²) in [6.07, 6.45) is 9.41. The highest BCUT2D eigenvalue weighted by Crippen LogP contribution is 2.37. The van der Waals surface area contributed by atoms with Crippen molar-refractivity contribution in [3.63, 3.8) is 0 Å². The summed E-state index contributed by atoms with van der Waals surface area (Å²) in [7, 11) is 0. The van der Waals surface area contributed by atoms with E-state index in [9.17, 15) is 0 Å². The van der Waals surface area contributed by atoms with Gasteiger partial charge >= 0.3 is 0 Å². The van der Waals surface area contributed by atoms with Crippen molar-refractivity contribution in [2.75, 3.05) is 0 Å². The standard InChI is InChI=1S/C10H13N3O/c1-2-4-9-7(3-1)5-10(14-9)8-6-11-13-12-8/h5-7,9H,1-4H2,(H,11,12,13). The first-order valence-electron chi connectivity index (χ1n) is 5.18. The maximum Gasteiger partial charge on any atom is 0.142 e. The summed E-state index contributed by atoms with van der Waals surface area (Å²) in [6.45, 7) is 0. The number of fused-ring (bicyclic) bond motifs is 1. The number of ether oxygens (including phenoxy) is 1. The number of hydrogen-bond donors (Lipinski definition) is 1. The molecule has 0 bridgehead atoms. The molecule has 14 heavy (non-hydrogen) atoms. The van der Waals surface area contributed by atoms with E-state index in [0.29, 0.717) is 12.0 Å². The predicted molar refractivity (Wildman–Crippen MR) is 51.2 cm³/mol. The Kier molecular flexibility index (Phi) is 1.79. The van der Waals surface area contributed by atoms with Crippen LogP contribution in [0.4, 0.5) is 0 Å². The van der Waals surface area contributed by atoms with E-state index in [2.05, 4.69) is 21.5 Å². The second kappa shape index (κ2) is 3.12. The molecule has 0 radical (unpaired) electrons. The summed E-state index contributed by atoms with van der Waals surface area (Å²) >= 11 is 0. The quantitative estimate of drug-likeness (QED) is 0.735.